The number of carboxylic acids is 2. The molecule has 2 heterocycles. The molecule has 2 saturated heterocycles. The Morgan fingerprint density at radius 2 is 1.68 bits per heavy atom. The Morgan fingerprint density at radius 1 is 1.11 bits per heavy atom. The van der Waals surface area contributed by atoms with Gasteiger partial charge in [0.15, 0.2) is 0 Å². The summed E-state index contributed by atoms with van der Waals surface area (Å²) in [4.78, 5) is 21.9. The van der Waals surface area contributed by atoms with Crippen LogP contribution in [0, 0.1) is 11.8 Å². The number of hydrogen-bond donors (Lipinski definition) is 2. The van der Waals surface area contributed by atoms with Crippen molar-refractivity contribution in [2.75, 3.05) is 13.2 Å². The molecule has 4 unspecified atom stereocenters. The number of epoxide rings is 2. The van der Waals surface area contributed by atoms with E-state index in [4.69, 9.17) is 14.6 Å². The van der Waals surface area contributed by atoms with E-state index >= 15 is 0 Å². The van der Waals surface area contributed by atoms with Gasteiger partial charge in [0.1, 0.15) is 0 Å². The highest BCUT2D eigenvalue weighted by Crippen LogP contribution is 2.34. The Bertz CT molecular complexity index is 334. The Hall–Kier alpha value is -1.14. The van der Waals surface area contributed by atoms with E-state index in [2.05, 4.69) is 0 Å². The Balaban J connectivity index is 1.87. The van der Waals surface area contributed by atoms with Gasteiger partial charge < -0.3 is 19.7 Å². The minimum absolute atomic E-state index is 0.0199. The van der Waals surface area contributed by atoms with Crippen molar-refractivity contribution in [2.45, 2.75) is 44.3 Å². The smallest absolute Gasteiger partial charge is 0.306 e. The van der Waals surface area contributed by atoms with E-state index in [-0.39, 0.29) is 24.5 Å². The quantitative estimate of drug-likeness (QED) is 0.578. The van der Waals surface area contributed by atoms with Gasteiger partial charge in [-0.15, -0.1) is 0 Å². The molecule has 0 aromatic heterocycles. The van der Waals surface area contributed by atoms with Crippen molar-refractivity contribution in [3.63, 3.8) is 0 Å². The van der Waals surface area contributed by atoms with Crippen LogP contribution in [0.3, 0.4) is 0 Å². The second-order valence-electron chi connectivity index (χ2n) is 5.37. The van der Waals surface area contributed by atoms with E-state index in [1.54, 1.807) is 0 Å². The summed E-state index contributed by atoms with van der Waals surface area (Å²) in [6.45, 7) is 1.34. The summed E-state index contributed by atoms with van der Waals surface area (Å²) in [7, 11) is 0. The van der Waals surface area contributed by atoms with Gasteiger partial charge in [-0.2, -0.15) is 0 Å². The molecule has 2 N–H and O–H groups in total. The molecule has 0 aromatic rings. The van der Waals surface area contributed by atoms with Crippen molar-refractivity contribution in [1.29, 1.82) is 0 Å². The first kappa shape index (κ1) is 14.3. The third-order valence-electron chi connectivity index (χ3n) is 3.74. The van der Waals surface area contributed by atoms with Gasteiger partial charge in [-0.3, -0.25) is 9.59 Å². The molecule has 108 valence electrons. The lowest BCUT2D eigenvalue weighted by atomic mass is 9.81. The van der Waals surface area contributed by atoms with E-state index in [9.17, 15) is 14.7 Å². The van der Waals surface area contributed by atoms with Crippen molar-refractivity contribution in [3.05, 3.63) is 0 Å². The third-order valence-corrected chi connectivity index (χ3v) is 3.74. The van der Waals surface area contributed by atoms with Crippen LogP contribution < -0.4 is 0 Å². The van der Waals surface area contributed by atoms with Gasteiger partial charge >= 0.3 is 11.9 Å². The molecular formula is C13H20O6. The predicted molar refractivity (Wildman–Crippen MR) is 64.8 cm³/mol. The third kappa shape index (κ3) is 5.16. The minimum atomic E-state index is -0.834. The lowest BCUT2D eigenvalue weighted by Crippen LogP contribution is -2.26. The molecule has 0 radical (unpaired) electrons. The first-order chi connectivity index (χ1) is 9.06. The van der Waals surface area contributed by atoms with E-state index in [1.165, 1.54) is 0 Å². The number of ether oxygens (including phenoxy) is 2. The summed E-state index contributed by atoms with van der Waals surface area (Å²) in [6, 6.07) is 0. The van der Waals surface area contributed by atoms with Gasteiger partial charge in [0.25, 0.3) is 0 Å². The van der Waals surface area contributed by atoms with Crippen molar-refractivity contribution >= 4 is 11.9 Å². The monoisotopic (exact) mass is 272 g/mol. The van der Waals surface area contributed by atoms with Crippen LogP contribution in [0.2, 0.25) is 0 Å². The SMILES string of the molecule is O=C(O)CCCC(CC1CO1)C(CC1CO1)C(=O)O. The molecule has 0 aromatic carbocycles. The average molecular weight is 272 g/mol. The summed E-state index contributed by atoms with van der Waals surface area (Å²) in [5, 5.41) is 18.0. The number of carboxylic acid groups (broad SMARTS) is 2. The van der Waals surface area contributed by atoms with Crippen LogP contribution in [0.4, 0.5) is 0 Å². The van der Waals surface area contributed by atoms with Crippen LogP contribution in [0.25, 0.3) is 0 Å². The highest BCUT2D eigenvalue weighted by molar-refractivity contribution is 5.70. The molecule has 2 rings (SSSR count). The Kier molecular flexibility index (Phi) is 4.76. The van der Waals surface area contributed by atoms with Gasteiger partial charge in [0.05, 0.1) is 31.3 Å². The largest absolute Gasteiger partial charge is 0.481 e. The minimum Gasteiger partial charge on any atom is -0.481 e. The summed E-state index contributed by atoms with van der Waals surface area (Å²) < 4.78 is 10.3. The maximum Gasteiger partial charge on any atom is 0.306 e. The molecule has 0 spiro atoms. The number of hydrogen-bond acceptors (Lipinski definition) is 4. The van der Waals surface area contributed by atoms with Gasteiger partial charge in [-0.05, 0) is 31.6 Å². The summed E-state index contributed by atoms with van der Waals surface area (Å²) >= 11 is 0. The maximum absolute atomic E-state index is 11.4. The predicted octanol–water partition coefficient (Wildman–Crippen LogP) is 1.14. The van der Waals surface area contributed by atoms with Crippen molar-refractivity contribution in [2.24, 2.45) is 11.8 Å². The normalized spacial score (nSPS) is 27.6. The van der Waals surface area contributed by atoms with E-state index in [0.717, 1.165) is 0 Å². The van der Waals surface area contributed by atoms with Crippen LogP contribution in [0.1, 0.15) is 32.1 Å². The van der Waals surface area contributed by atoms with Gasteiger partial charge in [0.2, 0.25) is 0 Å². The molecule has 0 amide bonds. The Morgan fingerprint density at radius 3 is 2.16 bits per heavy atom. The second kappa shape index (κ2) is 6.34. The summed E-state index contributed by atoms with van der Waals surface area (Å²) in [5.74, 6) is -2.12. The standard InChI is InChI=1S/C13H20O6/c14-12(15)3-1-2-8(4-9-6-18-9)11(13(16)17)5-10-7-19-10/h8-11H,1-7H2,(H,14,15)(H,16,17). The van der Waals surface area contributed by atoms with Crippen molar-refractivity contribution in [1.82, 2.24) is 0 Å². The zero-order valence-corrected chi connectivity index (χ0v) is 10.8. The number of rotatable bonds is 10. The molecule has 6 nitrogen and oxygen atoms in total. The fourth-order valence-corrected chi connectivity index (χ4v) is 2.52. The molecule has 0 aliphatic carbocycles. The topological polar surface area (TPSA) is 99.7 Å². The summed E-state index contributed by atoms with van der Waals surface area (Å²) in [5.41, 5.74) is 0. The molecule has 2 aliphatic heterocycles. The molecule has 0 saturated carbocycles. The van der Waals surface area contributed by atoms with Crippen LogP contribution in [0.5, 0.6) is 0 Å². The van der Waals surface area contributed by atoms with Crippen molar-refractivity contribution in [3.8, 4) is 0 Å². The van der Waals surface area contributed by atoms with Gasteiger partial charge in [0, 0.05) is 6.42 Å². The van der Waals surface area contributed by atoms with Crippen LogP contribution in [-0.4, -0.2) is 47.6 Å². The zero-order valence-electron chi connectivity index (χ0n) is 10.8. The zero-order chi connectivity index (χ0) is 13.8. The first-order valence-electron chi connectivity index (χ1n) is 6.74. The van der Waals surface area contributed by atoms with Gasteiger partial charge in [-0.1, -0.05) is 0 Å². The highest BCUT2D eigenvalue weighted by atomic mass is 16.6. The molecule has 0 bridgehead atoms. The second-order valence-corrected chi connectivity index (χ2v) is 5.37. The first-order valence-corrected chi connectivity index (χ1v) is 6.74. The lowest BCUT2D eigenvalue weighted by molar-refractivity contribution is -0.144. The van der Waals surface area contributed by atoms with Crippen LogP contribution in [-0.2, 0) is 19.1 Å². The molecular weight excluding hydrogens is 252 g/mol. The van der Waals surface area contributed by atoms with Crippen LogP contribution in [0.15, 0.2) is 0 Å². The molecule has 6 heteroatoms. The number of carbonyl (C=O) groups is 2. The van der Waals surface area contributed by atoms with E-state index in [0.29, 0.717) is 38.9 Å². The fraction of sp³-hybridized carbons (Fsp3) is 0.846. The molecule has 4 atom stereocenters. The van der Waals surface area contributed by atoms with E-state index in [1.807, 2.05) is 0 Å². The lowest BCUT2D eigenvalue weighted by Gasteiger charge is -2.22. The van der Waals surface area contributed by atoms with Gasteiger partial charge in [-0.25, -0.2) is 0 Å². The maximum atomic E-state index is 11.4. The number of aliphatic carboxylic acids is 2. The van der Waals surface area contributed by atoms with E-state index < -0.39 is 17.9 Å². The summed E-state index contributed by atoms with van der Waals surface area (Å²) in [6.07, 6.45) is 2.70. The van der Waals surface area contributed by atoms with Crippen LogP contribution >= 0.6 is 0 Å². The highest BCUT2D eigenvalue weighted by Gasteiger charge is 2.38. The molecule has 19 heavy (non-hydrogen) atoms. The average Bonchev–Trinajstić information content (AvgIpc) is 3.19. The fourth-order valence-electron chi connectivity index (χ4n) is 2.52. The molecule has 2 fully saturated rings. The van der Waals surface area contributed by atoms with Crippen molar-refractivity contribution < 1.29 is 29.3 Å². The molecule has 2 aliphatic rings. The Labute approximate surface area is 111 Å².